The lowest BCUT2D eigenvalue weighted by Gasteiger charge is -2.04. The second-order valence-electron chi connectivity index (χ2n) is 1.27. The zero-order valence-corrected chi connectivity index (χ0v) is 3.66. The Morgan fingerprint density at radius 3 is 2.57 bits per heavy atom. The van der Waals surface area contributed by atoms with Gasteiger partial charge in [-0.3, -0.25) is 10.0 Å². The predicted octanol–water partition coefficient (Wildman–Crippen LogP) is -0.125. The summed E-state index contributed by atoms with van der Waals surface area (Å²) in [5, 5.41) is 17.2. The average Bonchev–Trinajstić information content (AvgIpc) is 1.91. The van der Waals surface area contributed by atoms with E-state index >= 15 is 0 Å². The molecule has 0 amide bonds. The predicted molar refractivity (Wildman–Crippen MR) is 19.4 cm³/mol. The molecule has 1 aliphatic rings. The monoisotopic (exact) mass is 104 g/mol. The molecule has 1 fully saturated rings. The molecule has 1 aliphatic heterocycles. The van der Waals surface area contributed by atoms with Crippen molar-refractivity contribution in [2.24, 2.45) is 0 Å². The maximum Gasteiger partial charge on any atom is 0.217 e. The van der Waals surface area contributed by atoms with E-state index in [2.05, 4.69) is 4.84 Å². The second-order valence-corrected chi connectivity index (χ2v) is 1.27. The van der Waals surface area contributed by atoms with Crippen LogP contribution in [0, 0.1) is 6.23 Å². The van der Waals surface area contributed by atoms with Gasteiger partial charge in [0.05, 0.1) is 6.61 Å². The number of rotatable bonds is 0. The van der Waals surface area contributed by atoms with Crippen molar-refractivity contribution in [3.05, 3.63) is 6.23 Å². The fraction of sp³-hybridized carbons (Fsp3) is 0.667. The van der Waals surface area contributed by atoms with E-state index in [1.165, 1.54) is 0 Å². The van der Waals surface area contributed by atoms with Gasteiger partial charge < -0.3 is 5.11 Å². The smallest absolute Gasteiger partial charge is 0.217 e. The minimum atomic E-state index is -0.125. The molecule has 0 bridgehead atoms. The lowest BCUT2D eigenvalue weighted by atomic mass is 10.4. The van der Waals surface area contributed by atoms with Crippen LogP contribution in [0.15, 0.2) is 0 Å². The van der Waals surface area contributed by atoms with E-state index in [1.54, 1.807) is 0 Å². The molecular formula is C3H6NO3. The van der Waals surface area contributed by atoms with E-state index in [0.717, 1.165) is 0 Å². The van der Waals surface area contributed by atoms with E-state index in [0.29, 0.717) is 18.3 Å². The summed E-state index contributed by atoms with van der Waals surface area (Å²) in [5.74, 6) is 0. The molecule has 0 atom stereocenters. The van der Waals surface area contributed by atoms with E-state index in [9.17, 15) is 0 Å². The molecule has 0 aromatic carbocycles. The Morgan fingerprint density at radius 2 is 2.43 bits per heavy atom. The second kappa shape index (κ2) is 1.75. The number of aliphatic hydroxyl groups excluding tert-OH is 1. The van der Waals surface area contributed by atoms with Crippen molar-refractivity contribution in [2.75, 3.05) is 6.61 Å². The highest BCUT2D eigenvalue weighted by molar-refractivity contribution is 4.69. The summed E-state index contributed by atoms with van der Waals surface area (Å²) in [6.07, 6.45) is 0.274. The average molecular weight is 104 g/mol. The van der Waals surface area contributed by atoms with Crippen molar-refractivity contribution in [1.82, 2.24) is 5.23 Å². The molecule has 0 aromatic rings. The molecule has 0 spiro atoms. The molecule has 1 heterocycles. The first-order chi connectivity index (χ1) is 3.30. The van der Waals surface area contributed by atoms with Gasteiger partial charge in [-0.15, -0.1) is 0 Å². The van der Waals surface area contributed by atoms with Crippen LogP contribution in [-0.2, 0) is 4.84 Å². The van der Waals surface area contributed by atoms with Crippen molar-refractivity contribution >= 4 is 0 Å². The van der Waals surface area contributed by atoms with Gasteiger partial charge in [0.2, 0.25) is 6.23 Å². The molecule has 0 aliphatic carbocycles. The molecule has 41 valence electrons. The molecular weight excluding hydrogens is 98.0 g/mol. The van der Waals surface area contributed by atoms with Gasteiger partial charge in [0.25, 0.3) is 0 Å². The highest BCUT2D eigenvalue weighted by Gasteiger charge is 2.22. The van der Waals surface area contributed by atoms with E-state index in [1.807, 2.05) is 0 Å². The number of hydrogen-bond donors (Lipinski definition) is 2. The standard InChI is InChI=1S/C3H6NO3/c5-3-1-2-7-4(3)6/h5-6H,1-2H2. The van der Waals surface area contributed by atoms with Gasteiger partial charge in [0.1, 0.15) is 0 Å². The Hall–Kier alpha value is -0.160. The van der Waals surface area contributed by atoms with Crippen LogP contribution in [0.4, 0.5) is 0 Å². The molecule has 1 rings (SSSR count). The molecule has 0 unspecified atom stereocenters. The molecule has 4 nitrogen and oxygen atoms in total. The molecule has 0 aromatic heterocycles. The van der Waals surface area contributed by atoms with Crippen molar-refractivity contribution in [1.29, 1.82) is 0 Å². The fourth-order valence-electron chi connectivity index (χ4n) is 0.394. The molecule has 7 heavy (non-hydrogen) atoms. The van der Waals surface area contributed by atoms with Gasteiger partial charge in [0, 0.05) is 6.42 Å². The molecule has 4 heteroatoms. The molecule has 1 saturated heterocycles. The van der Waals surface area contributed by atoms with Crippen LogP contribution in [0.3, 0.4) is 0 Å². The summed E-state index contributed by atoms with van der Waals surface area (Å²) in [5.41, 5.74) is 0. The number of aliphatic hydroxyl groups is 1. The van der Waals surface area contributed by atoms with E-state index in [4.69, 9.17) is 10.3 Å². The number of hydrogen-bond acceptors (Lipinski definition) is 4. The summed E-state index contributed by atoms with van der Waals surface area (Å²) in [6.45, 7) is 0.363. The van der Waals surface area contributed by atoms with Crippen LogP contribution in [0.5, 0.6) is 0 Å². The van der Waals surface area contributed by atoms with Crippen LogP contribution in [0.1, 0.15) is 6.42 Å². The van der Waals surface area contributed by atoms with Gasteiger partial charge in [-0.1, -0.05) is 0 Å². The molecule has 2 N–H and O–H groups in total. The van der Waals surface area contributed by atoms with Gasteiger partial charge in [-0.2, -0.15) is 0 Å². The van der Waals surface area contributed by atoms with Crippen LogP contribution in [0.2, 0.25) is 0 Å². The van der Waals surface area contributed by atoms with Crippen molar-refractivity contribution in [3.8, 4) is 0 Å². The quantitative estimate of drug-likeness (QED) is 0.449. The third-order valence-corrected chi connectivity index (χ3v) is 0.760. The summed E-state index contributed by atoms with van der Waals surface area (Å²) >= 11 is 0. The minimum absolute atomic E-state index is 0.125. The largest absolute Gasteiger partial charge is 0.368 e. The molecule has 0 saturated carbocycles. The maximum atomic E-state index is 8.47. The Morgan fingerprint density at radius 1 is 1.71 bits per heavy atom. The van der Waals surface area contributed by atoms with Crippen molar-refractivity contribution in [3.63, 3.8) is 0 Å². The third kappa shape index (κ3) is 0.889. The number of nitrogens with zero attached hydrogens (tertiary/aromatic N) is 1. The van der Waals surface area contributed by atoms with Gasteiger partial charge in [0.15, 0.2) is 0 Å². The van der Waals surface area contributed by atoms with Gasteiger partial charge in [-0.25, -0.2) is 0 Å². The highest BCUT2D eigenvalue weighted by Crippen LogP contribution is 2.13. The Kier molecular flexibility index (Phi) is 1.25. The van der Waals surface area contributed by atoms with Crippen LogP contribution < -0.4 is 0 Å². The SMILES string of the molecule is O[C]1CCON1O. The van der Waals surface area contributed by atoms with E-state index in [-0.39, 0.29) is 6.23 Å². The van der Waals surface area contributed by atoms with Crippen LogP contribution in [-0.4, -0.2) is 22.1 Å². The van der Waals surface area contributed by atoms with Crippen molar-refractivity contribution in [2.45, 2.75) is 6.42 Å². The van der Waals surface area contributed by atoms with Crippen molar-refractivity contribution < 1.29 is 15.2 Å². The Labute approximate surface area is 40.8 Å². The first-order valence-corrected chi connectivity index (χ1v) is 1.97. The Bertz CT molecular complexity index is 59.2. The van der Waals surface area contributed by atoms with Crippen LogP contribution >= 0.6 is 0 Å². The van der Waals surface area contributed by atoms with Gasteiger partial charge >= 0.3 is 0 Å². The number of hydroxylamine groups is 2. The first kappa shape index (κ1) is 4.99. The first-order valence-electron chi connectivity index (χ1n) is 1.97. The Balaban J connectivity index is 2.33. The normalized spacial score (nSPS) is 26.6. The van der Waals surface area contributed by atoms with E-state index < -0.39 is 0 Å². The zero-order chi connectivity index (χ0) is 5.28. The maximum absolute atomic E-state index is 8.47. The summed E-state index contributed by atoms with van der Waals surface area (Å²) in [4.78, 5) is 4.37. The minimum Gasteiger partial charge on any atom is -0.368 e. The summed E-state index contributed by atoms with van der Waals surface area (Å²) in [7, 11) is 0. The summed E-state index contributed by atoms with van der Waals surface area (Å²) in [6, 6.07) is 0. The van der Waals surface area contributed by atoms with Crippen LogP contribution in [0.25, 0.3) is 0 Å². The lowest BCUT2D eigenvalue weighted by Crippen LogP contribution is -2.15. The third-order valence-electron chi connectivity index (χ3n) is 0.760. The highest BCUT2D eigenvalue weighted by atomic mass is 16.9. The molecule has 1 radical (unpaired) electrons. The zero-order valence-electron chi connectivity index (χ0n) is 3.66. The topological polar surface area (TPSA) is 52.9 Å². The van der Waals surface area contributed by atoms with Gasteiger partial charge in [-0.05, 0) is 5.23 Å². The summed E-state index contributed by atoms with van der Waals surface area (Å²) < 4.78 is 0. The fourth-order valence-corrected chi connectivity index (χ4v) is 0.394. The lowest BCUT2D eigenvalue weighted by molar-refractivity contribution is -0.325.